The topological polar surface area (TPSA) is 186 Å². The zero-order chi connectivity index (χ0) is 33.4. The molecule has 2 rings (SSSR count). The van der Waals surface area contributed by atoms with Crippen LogP contribution in [0.2, 0.25) is 0 Å². The van der Waals surface area contributed by atoms with Crippen molar-refractivity contribution in [3.8, 4) is 17.6 Å². The number of rotatable bonds is 16. The van der Waals surface area contributed by atoms with Gasteiger partial charge in [0.2, 0.25) is 0 Å². The van der Waals surface area contributed by atoms with E-state index in [-0.39, 0.29) is 73.5 Å². The van der Waals surface area contributed by atoms with Crippen LogP contribution in [-0.2, 0) is 47.7 Å². The number of hydrogen-bond donors (Lipinski definition) is 0. The Bertz CT molecular complexity index is 1490. The van der Waals surface area contributed by atoms with Crippen LogP contribution >= 0.6 is 23.5 Å². The molecule has 0 saturated heterocycles. The normalized spacial score (nSPS) is 12.2. The highest BCUT2D eigenvalue weighted by Crippen LogP contribution is 2.60. The predicted octanol–water partition coefficient (Wildman–Crippen LogP) is 3.72. The number of allylic oxidation sites excluding steroid dienone is 1. The Balaban J connectivity index is 2.08. The van der Waals surface area contributed by atoms with Crippen molar-refractivity contribution >= 4 is 59.3 Å². The van der Waals surface area contributed by atoms with Gasteiger partial charge < -0.3 is 28.4 Å². The van der Waals surface area contributed by atoms with Gasteiger partial charge >= 0.3 is 35.8 Å². The molecule has 0 aliphatic carbocycles. The van der Waals surface area contributed by atoms with Crippen molar-refractivity contribution in [2.75, 3.05) is 26.4 Å². The highest BCUT2D eigenvalue weighted by atomic mass is 32.2. The molecule has 45 heavy (non-hydrogen) atoms. The van der Waals surface area contributed by atoms with E-state index in [9.17, 15) is 34.0 Å². The third-order valence-corrected chi connectivity index (χ3v) is 7.75. The summed E-state index contributed by atoms with van der Waals surface area (Å²) in [6, 6.07) is 3.21. The molecule has 0 amide bonds. The van der Waals surface area contributed by atoms with Gasteiger partial charge in [0.25, 0.3) is 5.70 Å². The Labute approximate surface area is 266 Å². The summed E-state index contributed by atoms with van der Waals surface area (Å²) in [5.41, 5.74) is 0.136. The Morgan fingerprint density at radius 1 is 0.800 bits per heavy atom. The smallest absolute Gasteiger partial charge is 0.330 e. The van der Waals surface area contributed by atoms with Crippen LogP contribution in [0.1, 0.15) is 31.2 Å². The first-order valence-electron chi connectivity index (χ1n) is 12.9. The number of ether oxygens (including phenoxy) is 6. The van der Waals surface area contributed by atoms with Gasteiger partial charge in [-0.25, -0.2) is 19.7 Å². The van der Waals surface area contributed by atoms with Crippen molar-refractivity contribution in [2.24, 2.45) is 0 Å². The summed E-state index contributed by atoms with van der Waals surface area (Å²) in [4.78, 5) is 74.9. The van der Waals surface area contributed by atoms with Crippen molar-refractivity contribution in [1.82, 2.24) is 0 Å². The first-order valence-corrected chi connectivity index (χ1v) is 14.5. The van der Waals surface area contributed by atoms with Gasteiger partial charge in [-0.1, -0.05) is 36.7 Å². The molecule has 0 spiro atoms. The number of aryl methyl sites for hydroxylation is 1. The van der Waals surface area contributed by atoms with E-state index in [1.54, 1.807) is 13.0 Å². The number of nitriles is 1. The zero-order valence-electron chi connectivity index (χ0n) is 23.9. The highest BCUT2D eigenvalue weighted by molar-refractivity contribution is 8.24. The third kappa shape index (κ3) is 11.9. The van der Waals surface area contributed by atoms with Gasteiger partial charge in [0, 0.05) is 12.2 Å². The molecule has 0 N–H and O–H groups in total. The molecule has 1 heterocycles. The van der Waals surface area contributed by atoms with Crippen molar-refractivity contribution in [1.29, 1.82) is 5.26 Å². The Kier molecular flexibility index (Phi) is 14.9. The molecule has 1 aliphatic heterocycles. The second kappa shape index (κ2) is 18.6. The minimum Gasteiger partial charge on any atom is -0.462 e. The summed E-state index contributed by atoms with van der Waals surface area (Å²) in [6.45, 7) is 14.6. The van der Waals surface area contributed by atoms with Crippen molar-refractivity contribution in [3.63, 3.8) is 0 Å². The number of fused-ring (bicyclic) bond motifs is 1. The Morgan fingerprint density at radius 2 is 1.27 bits per heavy atom. The maximum absolute atomic E-state index is 12.6. The number of carbonyl (C=O) groups is 6. The second-order valence-corrected chi connectivity index (χ2v) is 10.7. The van der Waals surface area contributed by atoms with Crippen LogP contribution in [0.25, 0.3) is 4.85 Å². The van der Waals surface area contributed by atoms with Gasteiger partial charge in [-0.15, -0.1) is 0 Å². The maximum atomic E-state index is 12.6. The number of benzene rings is 1. The number of carbonyl (C=O) groups excluding carboxylic acids is 6. The van der Waals surface area contributed by atoms with E-state index in [4.69, 9.17) is 25.5 Å². The van der Waals surface area contributed by atoms with E-state index in [2.05, 4.69) is 27.5 Å². The van der Waals surface area contributed by atoms with Gasteiger partial charge in [0.05, 0.1) is 52.4 Å². The molecule has 16 heteroatoms. The lowest BCUT2D eigenvalue weighted by molar-refractivity contribution is -0.151. The largest absolute Gasteiger partial charge is 0.462 e. The molecule has 0 bridgehead atoms. The van der Waals surface area contributed by atoms with E-state index < -0.39 is 35.8 Å². The molecule has 0 radical (unpaired) electrons. The molecule has 236 valence electrons. The maximum Gasteiger partial charge on any atom is 0.330 e. The highest BCUT2D eigenvalue weighted by Gasteiger charge is 2.31. The van der Waals surface area contributed by atoms with Gasteiger partial charge in [0.15, 0.2) is 0 Å². The van der Waals surface area contributed by atoms with Crippen molar-refractivity contribution in [3.05, 3.63) is 58.3 Å². The van der Waals surface area contributed by atoms with Crippen LogP contribution in [0.15, 0.2) is 51.1 Å². The van der Waals surface area contributed by atoms with Crippen LogP contribution in [-0.4, -0.2) is 62.2 Å². The molecule has 14 nitrogen and oxygen atoms in total. The van der Waals surface area contributed by atoms with Gasteiger partial charge in [-0.05, 0) is 18.6 Å². The van der Waals surface area contributed by atoms with E-state index >= 15 is 0 Å². The molecule has 0 unspecified atom stereocenters. The van der Waals surface area contributed by atoms with Crippen LogP contribution in [0.3, 0.4) is 0 Å². The van der Waals surface area contributed by atoms with E-state index in [1.807, 2.05) is 0 Å². The van der Waals surface area contributed by atoms with Crippen molar-refractivity contribution < 1.29 is 57.2 Å². The Morgan fingerprint density at radius 3 is 1.76 bits per heavy atom. The first kappa shape index (κ1) is 36.1. The van der Waals surface area contributed by atoms with E-state index in [0.717, 1.165) is 35.7 Å². The molecular formula is C29H26N2O12S2. The zero-order valence-corrected chi connectivity index (χ0v) is 25.5. The number of hydrogen-bond acceptors (Lipinski definition) is 15. The summed E-state index contributed by atoms with van der Waals surface area (Å²) in [6.07, 6.45) is 0.570. The van der Waals surface area contributed by atoms with E-state index in [0.29, 0.717) is 15.4 Å². The molecular weight excluding hydrogens is 632 g/mol. The van der Waals surface area contributed by atoms with Crippen LogP contribution in [0.4, 0.5) is 0 Å². The summed E-state index contributed by atoms with van der Waals surface area (Å²) >= 11 is 1.94. The summed E-state index contributed by atoms with van der Waals surface area (Å²) in [5.74, 6) is -4.25. The van der Waals surface area contributed by atoms with Crippen LogP contribution in [0, 0.1) is 24.8 Å². The lowest BCUT2D eigenvalue weighted by Crippen LogP contribution is -2.16. The molecule has 0 atom stereocenters. The van der Waals surface area contributed by atoms with Crippen LogP contribution in [0.5, 0.6) is 11.5 Å². The fourth-order valence-electron chi connectivity index (χ4n) is 3.14. The standard InChI is InChI=1S/C29H26N2O12S2/c1-5-20(32)38-11-13-40-22(34)7-9-24(36)42-19-15-17(3)26(28-27(19)44-29(45-28)18(16-30)31-4)43-25(37)10-8-23(35)41-14-12-39-21(33)6-2/h5-6,15H,1-2,7-14H2,3H3/b29-18+. The number of esters is 6. The molecule has 1 aliphatic rings. The minimum absolute atomic E-state index is 0.0486. The third-order valence-electron chi connectivity index (χ3n) is 5.16. The summed E-state index contributed by atoms with van der Waals surface area (Å²) in [5, 5.41) is 9.36. The molecule has 0 saturated carbocycles. The van der Waals surface area contributed by atoms with Gasteiger partial charge in [-0.2, -0.15) is 0 Å². The number of nitrogens with zero attached hydrogens (tertiary/aromatic N) is 2. The SMILES string of the molecule is [C-]#[N+]/C(C#N)=C1\Sc2c(OC(=O)CCC(=O)OCCOC(=O)C=C)cc(C)c(OC(=O)CCC(=O)OCCOC(=O)C=C)c2S1. The average Bonchev–Trinajstić information content (AvgIpc) is 3.47. The molecule has 1 aromatic carbocycles. The van der Waals surface area contributed by atoms with E-state index in [1.165, 1.54) is 6.07 Å². The molecule has 0 aromatic heterocycles. The van der Waals surface area contributed by atoms with Gasteiger partial charge in [0.1, 0.15) is 37.9 Å². The summed E-state index contributed by atoms with van der Waals surface area (Å²) in [7, 11) is 0. The molecule has 1 aromatic rings. The monoisotopic (exact) mass is 658 g/mol. The fourth-order valence-corrected chi connectivity index (χ4v) is 5.68. The number of thioether (sulfide) groups is 2. The quantitative estimate of drug-likeness (QED) is 0.0475. The summed E-state index contributed by atoms with van der Waals surface area (Å²) < 4.78 is 30.4. The average molecular weight is 659 g/mol. The first-order chi connectivity index (χ1) is 21.5. The lowest BCUT2D eigenvalue weighted by Gasteiger charge is -2.15. The lowest BCUT2D eigenvalue weighted by atomic mass is 10.2. The fraction of sp³-hybridized carbons (Fsp3) is 0.310. The molecule has 0 fully saturated rings. The van der Waals surface area contributed by atoms with Gasteiger partial charge in [-0.3, -0.25) is 19.2 Å². The van der Waals surface area contributed by atoms with Crippen LogP contribution < -0.4 is 9.47 Å². The minimum atomic E-state index is -0.789. The van der Waals surface area contributed by atoms with Crippen molar-refractivity contribution in [2.45, 2.75) is 42.4 Å². The second-order valence-electron chi connectivity index (χ2n) is 8.38. The Hall–Kier alpha value is -5.06. The predicted molar refractivity (Wildman–Crippen MR) is 156 cm³/mol.